The van der Waals surface area contributed by atoms with Gasteiger partial charge in [0.2, 0.25) is 0 Å². The van der Waals surface area contributed by atoms with Crippen molar-refractivity contribution in [2.24, 2.45) is 0 Å². The molecule has 1 N–H and O–H groups in total. The zero-order valence-corrected chi connectivity index (χ0v) is 4.02. The third kappa shape index (κ3) is 3.88. The third-order valence-electron chi connectivity index (χ3n) is 0.260. The van der Waals surface area contributed by atoms with Crippen LogP contribution in [0.1, 0.15) is 6.92 Å². The summed E-state index contributed by atoms with van der Waals surface area (Å²) in [6.07, 6.45) is 0. The summed E-state index contributed by atoms with van der Waals surface area (Å²) in [6.45, 7) is 2.41. The lowest BCUT2D eigenvalue weighted by molar-refractivity contribution is -0.328. The van der Waals surface area contributed by atoms with Crippen LogP contribution in [0.4, 0.5) is 0 Å². The fourth-order valence-electron chi connectivity index (χ4n) is 0.118. The quantitative estimate of drug-likeness (QED) is 0.303. The maximum absolute atomic E-state index is 4.37. The Morgan fingerprint density at radius 1 is 1.67 bits per heavy atom. The molecule has 0 saturated carbocycles. The highest BCUT2D eigenvalue weighted by Crippen LogP contribution is 1.65. The molecule has 0 fully saturated rings. The van der Waals surface area contributed by atoms with E-state index < -0.39 is 0 Å². The van der Waals surface area contributed by atoms with Crippen molar-refractivity contribution in [3.63, 3.8) is 0 Å². The van der Waals surface area contributed by atoms with Crippen molar-refractivity contribution in [3.05, 3.63) is 0 Å². The highest BCUT2D eigenvalue weighted by atomic mass is 17.3. The Labute approximate surface area is 37.1 Å². The lowest BCUT2D eigenvalue weighted by atomic mass is 10.9. The van der Waals surface area contributed by atoms with Gasteiger partial charge < -0.3 is 0 Å². The Morgan fingerprint density at radius 2 is 2.33 bits per heavy atom. The van der Waals surface area contributed by atoms with Gasteiger partial charge in [-0.05, 0) is 6.92 Å². The van der Waals surface area contributed by atoms with E-state index in [1.54, 1.807) is 7.05 Å². The Bertz CT molecular complexity index is 20.8. The van der Waals surface area contributed by atoms with Crippen molar-refractivity contribution in [2.75, 3.05) is 13.7 Å². The first-order valence-electron chi connectivity index (χ1n) is 1.87. The van der Waals surface area contributed by atoms with Crippen LogP contribution in [0.3, 0.4) is 0 Å². The van der Waals surface area contributed by atoms with Crippen LogP contribution in [0.25, 0.3) is 0 Å². The number of rotatable bonds is 3. The molecule has 0 aromatic heterocycles. The minimum Gasteiger partial charge on any atom is -0.218 e. The molecule has 38 valence electrons. The van der Waals surface area contributed by atoms with Gasteiger partial charge in [-0.25, -0.2) is 4.89 Å². The zero-order chi connectivity index (χ0) is 4.83. The van der Waals surface area contributed by atoms with Gasteiger partial charge in [-0.1, -0.05) is 0 Å². The van der Waals surface area contributed by atoms with Crippen molar-refractivity contribution in [1.82, 2.24) is 5.48 Å². The molecule has 0 spiro atoms. The average molecular weight is 91.1 g/mol. The standard InChI is InChI=1S/C3H9NO2/c1-3-5-6-4-2/h4H,3H2,1-2H3. The first-order valence-corrected chi connectivity index (χ1v) is 1.87. The van der Waals surface area contributed by atoms with Gasteiger partial charge in [0, 0.05) is 7.05 Å². The second kappa shape index (κ2) is 4.88. The molecule has 0 aliphatic heterocycles. The Balaban J connectivity index is 2.34. The minimum atomic E-state index is 0.570. The molecule has 0 rings (SSSR count). The molecule has 0 aromatic carbocycles. The molecule has 0 aliphatic carbocycles. The molecule has 3 nitrogen and oxygen atoms in total. The molecule has 0 bridgehead atoms. The summed E-state index contributed by atoms with van der Waals surface area (Å²) in [6, 6.07) is 0. The third-order valence-corrected chi connectivity index (χ3v) is 0.260. The molecule has 6 heavy (non-hydrogen) atoms. The normalized spacial score (nSPS) is 9.00. The summed E-state index contributed by atoms with van der Waals surface area (Å²) in [5, 5.41) is 0. The van der Waals surface area contributed by atoms with Gasteiger partial charge in [-0.15, -0.1) is 4.99 Å². The second-order valence-electron chi connectivity index (χ2n) is 0.694. The van der Waals surface area contributed by atoms with Gasteiger partial charge in [-0.3, -0.25) is 0 Å². The van der Waals surface area contributed by atoms with Crippen LogP contribution in [0.15, 0.2) is 0 Å². The smallest absolute Gasteiger partial charge is 0.0814 e. The molecule has 0 amide bonds. The van der Waals surface area contributed by atoms with E-state index in [1.807, 2.05) is 6.92 Å². The first kappa shape index (κ1) is 5.88. The predicted molar refractivity (Wildman–Crippen MR) is 21.8 cm³/mol. The van der Waals surface area contributed by atoms with Crippen molar-refractivity contribution in [1.29, 1.82) is 0 Å². The molecule has 0 heterocycles. The lowest BCUT2D eigenvalue weighted by Crippen LogP contribution is -2.06. The van der Waals surface area contributed by atoms with Gasteiger partial charge in [0.1, 0.15) is 0 Å². The van der Waals surface area contributed by atoms with E-state index in [-0.39, 0.29) is 0 Å². The molecule has 3 heteroatoms. The molecule has 0 atom stereocenters. The van der Waals surface area contributed by atoms with E-state index in [0.717, 1.165) is 0 Å². The number of hydroxylamine groups is 1. The summed E-state index contributed by atoms with van der Waals surface area (Å²) in [5.74, 6) is 0. The first-order chi connectivity index (χ1) is 2.91. The van der Waals surface area contributed by atoms with Crippen LogP contribution in [-0.4, -0.2) is 13.7 Å². The van der Waals surface area contributed by atoms with E-state index in [9.17, 15) is 0 Å². The molecular weight excluding hydrogens is 82.0 g/mol. The fraction of sp³-hybridized carbons (Fsp3) is 1.00. The largest absolute Gasteiger partial charge is 0.218 e. The Kier molecular flexibility index (Phi) is 4.78. The van der Waals surface area contributed by atoms with E-state index >= 15 is 0 Å². The lowest BCUT2D eigenvalue weighted by Gasteiger charge is -1.92. The van der Waals surface area contributed by atoms with Gasteiger partial charge in [0.15, 0.2) is 0 Å². The van der Waals surface area contributed by atoms with Crippen molar-refractivity contribution in [2.45, 2.75) is 6.92 Å². The second-order valence-corrected chi connectivity index (χ2v) is 0.694. The van der Waals surface area contributed by atoms with Crippen LogP contribution in [-0.2, 0) is 9.88 Å². The van der Waals surface area contributed by atoms with Crippen molar-refractivity contribution < 1.29 is 9.88 Å². The molecule has 0 saturated heterocycles. The monoisotopic (exact) mass is 91.1 g/mol. The Morgan fingerprint density at radius 3 is 2.50 bits per heavy atom. The van der Waals surface area contributed by atoms with Gasteiger partial charge >= 0.3 is 0 Å². The van der Waals surface area contributed by atoms with Crippen molar-refractivity contribution >= 4 is 0 Å². The molecule has 0 aliphatic rings. The Hall–Kier alpha value is -0.120. The number of hydrogen-bond acceptors (Lipinski definition) is 3. The summed E-state index contributed by atoms with van der Waals surface area (Å²) in [4.78, 5) is 8.60. The SMILES string of the molecule is CCOONC. The summed E-state index contributed by atoms with van der Waals surface area (Å²) in [7, 11) is 1.63. The van der Waals surface area contributed by atoms with Crippen LogP contribution in [0, 0.1) is 0 Å². The zero-order valence-electron chi connectivity index (χ0n) is 4.02. The highest BCUT2D eigenvalue weighted by molar-refractivity contribution is 3.91. The number of hydrogen-bond donors (Lipinski definition) is 1. The summed E-state index contributed by atoms with van der Waals surface area (Å²) >= 11 is 0. The maximum atomic E-state index is 4.37. The average Bonchev–Trinajstić information content (AvgIpc) is 1.61. The summed E-state index contributed by atoms with van der Waals surface area (Å²) in [5.41, 5.74) is 2.35. The minimum absolute atomic E-state index is 0.570. The van der Waals surface area contributed by atoms with Crippen LogP contribution >= 0.6 is 0 Å². The predicted octanol–water partition coefficient (Wildman–Crippen LogP) is 0.0889. The fourth-order valence-corrected chi connectivity index (χ4v) is 0.118. The van der Waals surface area contributed by atoms with Crippen LogP contribution in [0.2, 0.25) is 0 Å². The van der Waals surface area contributed by atoms with E-state index in [4.69, 9.17) is 0 Å². The molecule has 0 aromatic rings. The van der Waals surface area contributed by atoms with Crippen LogP contribution in [0.5, 0.6) is 0 Å². The van der Waals surface area contributed by atoms with Gasteiger partial charge in [0.25, 0.3) is 0 Å². The molecule has 0 unspecified atom stereocenters. The summed E-state index contributed by atoms with van der Waals surface area (Å²) < 4.78 is 0. The molecule has 0 radical (unpaired) electrons. The van der Waals surface area contributed by atoms with E-state index in [2.05, 4.69) is 15.4 Å². The topological polar surface area (TPSA) is 30.5 Å². The van der Waals surface area contributed by atoms with E-state index in [1.165, 1.54) is 0 Å². The maximum Gasteiger partial charge on any atom is 0.0814 e. The highest BCUT2D eigenvalue weighted by Gasteiger charge is 1.70. The van der Waals surface area contributed by atoms with Gasteiger partial charge in [0.05, 0.1) is 6.61 Å². The molecular formula is C3H9NO2. The number of nitrogens with one attached hydrogen (secondary N) is 1. The van der Waals surface area contributed by atoms with Crippen molar-refractivity contribution in [3.8, 4) is 0 Å². The van der Waals surface area contributed by atoms with Gasteiger partial charge in [-0.2, -0.15) is 5.48 Å². The van der Waals surface area contributed by atoms with Crippen LogP contribution < -0.4 is 5.48 Å². The van der Waals surface area contributed by atoms with E-state index in [0.29, 0.717) is 6.61 Å².